The zero-order chi connectivity index (χ0) is 16.9. The molecule has 0 unspecified atom stereocenters. The van der Waals surface area contributed by atoms with Gasteiger partial charge in [0.05, 0.1) is 13.2 Å². The van der Waals surface area contributed by atoms with Gasteiger partial charge in [-0.3, -0.25) is 4.79 Å². The SMILES string of the molecule is Cc1ccc(OCCCN2CC[C@](C)(NCC(=O)O)C2)cc1C. The van der Waals surface area contributed by atoms with Crippen molar-refractivity contribution in [3.8, 4) is 5.75 Å². The lowest BCUT2D eigenvalue weighted by Gasteiger charge is -2.25. The second-order valence-electron chi connectivity index (χ2n) is 6.78. The smallest absolute Gasteiger partial charge is 0.317 e. The van der Waals surface area contributed by atoms with Crippen molar-refractivity contribution in [2.24, 2.45) is 0 Å². The quantitative estimate of drug-likeness (QED) is 0.719. The zero-order valence-electron chi connectivity index (χ0n) is 14.4. The summed E-state index contributed by atoms with van der Waals surface area (Å²) >= 11 is 0. The molecule has 0 aromatic heterocycles. The number of nitrogens with one attached hydrogen (secondary N) is 1. The first-order valence-corrected chi connectivity index (χ1v) is 8.27. The van der Waals surface area contributed by atoms with Crippen LogP contribution in [0.3, 0.4) is 0 Å². The van der Waals surface area contributed by atoms with E-state index in [2.05, 4.69) is 43.1 Å². The molecule has 0 amide bonds. The standard InChI is InChI=1S/C18H28N2O3/c1-14-5-6-16(11-15(14)2)23-10-4-8-20-9-7-18(3,13-20)19-12-17(21)22/h5-6,11,19H,4,7-10,12-13H2,1-3H3,(H,21,22)/t18-/m0/s1. The third kappa shape index (κ3) is 5.52. The van der Waals surface area contributed by atoms with Crippen LogP contribution in [0, 0.1) is 13.8 Å². The number of aryl methyl sites for hydroxylation is 2. The first-order chi connectivity index (χ1) is 10.9. The van der Waals surface area contributed by atoms with E-state index in [9.17, 15) is 4.79 Å². The molecule has 1 atom stereocenters. The van der Waals surface area contributed by atoms with E-state index in [-0.39, 0.29) is 12.1 Å². The third-order valence-electron chi connectivity index (χ3n) is 4.58. The van der Waals surface area contributed by atoms with Gasteiger partial charge in [0.25, 0.3) is 0 Å². The molecule has 1 saturated heterocycles. The molecule has 2 N–H and O–H groups in total. The van der Waals surface area contributed by atoms with E-state index in [1.165, 1.54) is 11.1 Å². The van der Waals surface area contributed by atoms with Gasteiger partial charge in [0, 0.05) is 25.2 Å². The number of hydrogen-bond donors (Lipinski definition) is 2. The predicted molar refractivity (Wildman–Crippen MR) is 91.1 cm³/mol. The highest BCUT2D eigenvalue weighted by Crippen LogP contribution is 2.21. The van der Waals surface area contributed by atoms with Crippen molar-refractivity contribution in [3.63, 3.8) is 0 Å². The Bertz CT molecular complexity index is 547. The Hall–Kier alpha value is -1.59. The van der Waals surface area contributed by atoms with Crippen LogP contribution in [0.4, 0.5) is 0 Å². The molecule has 1 aliphatic heterocycles. The molecule has 1 fully saturated rings. The van der Waals surface area contributed by atoms with Gasteiger partial charge < -0.3 is 20.1 Å². The van der Waals surface area contributed by atoms with E-state index < -0.39 is 5.97 Å². The molecule has 0 radical (unpaired) electrons. The molecular formula is C18H28N2O3. The van der Waals surface area contributed by atoms with E-state index in [1.807, 2.05) is 6.07 Å². The number of benzene rings is 1. The number of carbonyl (C=O) groups is 1. The second kappa shape index (κ2) is 7.79. The number of hydrogen-bond acceptors (Lipinski definition) is 4. The van der Waals surface area contributed by atoms with Crippen LogP contribution in [0.25, 0.3) is 0 Å². The second-order valence-corrected chi connectivity index (χ2v) is 6.78. The van der Waals surface area contributed by atoms with Gasteiger partial charge in [-0.1, -0.05) is 6.07 Å². The van der Waals surface area contributed by atoms with Crippen LogP contribution in [-0.4, -0.2) is 54.3 Å². The number of carboxylic acids is 1. The van der Waals surface area contributed by atoms with Gasteiger partial charge in [0.1, 0.15) is 5.75 Å². The highest BCUT2D eigenvalue weighted by Gasteiger charge is 2.33. The number of likely N-dealkylation sites (tertiary alicyclic amines) is 1. The summed E-state index contributed by atoms with van der Waals surface area (Å²) in [4.78, 5) is 13.1. The molecule has 5 heteroatoms. The van der Waals surface area contributed by atoms with Crippen LogP contribution < -0.4 is 10.1 Å². The molecule has 23 heavy (non-hydrogen) atoms. The van der Waals surface area contributed by atoms with Crippen LogP contribution in [0.2, 0.25) is 0 Å². The van der Waals surface area contributed by atoms with E-state index in [0.717, 1.165) is 38.2 Å². The average Bonchev–Trinajstić information content (AvgIpc) is 2.87. The predicted octanol–water partition coefficient (Wildman–Crippen LogP) is 2.21. The fourth-order valence-electron chi connectivity index (χ4n) is 2.96. The topological polar surface area (TPSA) is 61.8 Å². The first kappa shape index (κ1) is 17.8. The monoisotopic (exact) mass is 320 g/mol. The van der Waals surface area contributed by atoms with Gasteiger partial charge in [0.2, 0.25) is 0 Å². The first-order valence-electron chi connectivity index (χ1n) is 8.27. The summed E-state index contributed by atoms with van der Waals surface area (Å²) in [7, 11) is 0. The van der Waals surface area contributed by atoms with Crippen molar-refractivity contribution in [2.75, 3.05) is 32.8 Å². The molecule has 1 heterocycles. The van der Waals surface area contributed by atoms with Crippen LogP contribution in [0.5, 0.6) is 5.75 Å². The van der Waals surface area contributed by atoms with Crippen molar-refractivity contribution >= 4 is 5.97 Å². The summed E-state index contributed by atoms with van der Waals surface area (Å²) in [5.41, 5.74) is 2.44. The Balaban J connectivity index is 1.67. The molecular weight excluding hydrogens is 292 g/mol. The maximum Gasteiger partial charge on any atom is 0.317 e. The third-order valence-corrected chi connectivity index (χ3v) is 4.58. The fourth-order valence-corrected chi connectivity index (χ4v) is 2.96. The minimum Gasteiger partial charge on any atom is -0.494 e. The minimum absolute atomic E-state index is 0.0280. The van der Waals surface area contributed by atoms with Gasteiger partial charge in [-0.15, -0.1) is 0 Å². The molecule has 0 bridgehead atoms. The molecule has 0 saturated carbocycles. The Morgan fingerprint density at radius 2 is 2.17 bits per heavy atom. The Morgan fingerprint density at radius 1 is 1.39 bits per heavy atom. The normalized spacial score (nSPS) is 21.5. The van der Waals surface area contributed by atoms with Gasteiger partial charge in [-0.2, -0.15) is 0 Å². The van der Waals surface area contributed by atoms with Crippen molar-refractivity contribution in [1.29, 1.82) is 0 Å². The van der Waals surface area contributed by atoms with Crippen LogP contribution in [0.1, 0.15) is 30.9 Å². The van der Waals surface area contributed by atoms with Crippen molar-refractivity contribution < 1.29 is 14.6 Å². The summed E-state index contributed by atoms with van der Waals surface area (Å²) in [6.45, 7) is 9.91. The van der Waals surface area contributed by atoms with Gasteiger partial charge in [0.15, 0.2) is 0 Å². The highest BCUT2D eigenvalue weighted by atomic mass is 16.5. The summed E-state index contributed by atoms with van der Waals surface area (Å²) < 4.78 is 5.81. The molecule has 2 rings (SSSR count). The number of carboxylic acid groups (broad SMARTS) is 1. The summed E-state index contributed by atoms with van der Waals surface area (Å²) in [6.07, 6.45) is 1.96. The Labute approximate surface area is 138 Å². The van der Waals surface area contributed by atoms with Crippen LogP contribution in [-0.2, 0) is 4.79 Å². The lowest BCUT2D eigenvalue weighted by molar-refractivity contribution is -0.136. The lowest BCUT2D eigenvalue weighted by atomic mass is 10.0. The number of aliphatic carboxylic acids is 1. The lowest BCUT2D eigenvalue weighted by Crippen LogP contribution is -2.47. The maximum absolute atomic E-state index is 10.7. The van der Waals surface area contributed by atoms with Gasteiger partial charge >= 0.3 is 5.97 Å². The molecule has 0 spiro atoms. The fraction of sp³-hybridized carbons (Fsp3) is 0.611. The Kier molecular flexibility index (Phi) is 6.02. The summed E-state index contributed by atoms with van der Waals surface area (Å²) in [5.74, 6) is 0.133. The Morgan fingerprint density at radius 3 is 2.87 bits per heavy atom. The number of rotatable bonds is 8. The highest BCUT2D eigenvalue weighted by molar-refractivity contribution is 5.69. The molecule has 0 aliphatic carbocycles. The van der Waals surface area contributed by atoms with Crippen molar-refractivity contribution in [3.05, 3.63) is 29.3 Å². The van der Waals surface area contributed by atoms with E-state index in [1.54, 1.807) is 0 Å². The van der Waals surface area contributed by atoms with E-state index in [0.29, 0.717) is 6.61 Å². The molecule has 128 valence electrons. The molecule has 1 aromatic carbocycles. The van der Waals surface area contributed by atoms with Crippen LogP contribution in [0.15, 0.2) is 18.2 Å². The number of nitrogens with zero attached hydrogens (tertiary/aromatic N) is 1. The minimum atomic E-state index is -0.800. The van der Waals surface area contributed by atoms with Crippen molar-refractivity contribution in [2.45, 2.75) is 39.2 Å². The molecule has 1 aromatic rings. The zero-order valence-corrected chi connectivity index (χ0v) is 14.4. The van der Waals surface area contributed by atoms with Gasteiger partial charge in [-0.05, 0) is 56.9 Å². The van der Waals surface area contributed by atoms with Crippen molar-refractivity contribution in [1.82, 2.24) is 10.2 Å². The number of ether oxygens (including phenoxy) is 1. The largest absolute Gasteiger partial charge is 0.494 e. The van der Waals surface area contributed by atoms with Gasteiger partial charge in [-0.25, -0.2) is 0 Å². The van der Waals surface area contributed by atoms with E-state index >= 15 is 0 Å². The van der Waals surface area contributed by atoms with Crippen LogP contribution >= 0.6 is 0 Å². The van der Waals surface area contributed by atoms with E-state index in [4.69, 9.17) is 9.84 Å². The molecule has 5 nitrogen and oxygen atoms in total. The summed E-state index contributed by atoms with van der Waals surface area (Å²) in [5, 5.41) is 11.9. The molecule has 1 aliphatic rings. The summed E-state index contributed by atoms with van der Waals surface area (Å²) in [6, 6.07) is 6.19. The maximum atomic E-state index is 10.7. The average molecular weight is 320 g/mol.